The van der Waals surface area contributed by atoms with Crippen LogP contribution in [-0.4, -0.2) is 4.98 Å². The maximum atomic E-state index is 6.79. The molecule has 10 aromatic carbocycles. The lowest BCUT2D eigenvalue weighted by Gasteiger charge is -2.20. The number of unbranched alkanes of at least 4 members (excludes halogenated alkanes) is 1. The van der Waals surface area contributed by atoms with Gasteiger partial charge in [-0.25, -0.2) is 4.98 Å². The fourth-order valence-corrected chi connectivity index (χ4v) is 9.12. The maximum absolute atomic E-state index is 6.79. The molecule has 57 heavy (non-hydrogen) atoms. The first-order valence-electron chi connectivity index (χ1n) is 20.1. The number of aryl methyl sites for hydroxylation is 1. The van der Waals surface area contributed by atoms with E-state index in [0.29, 0.717) is 5.89 Å². The lowest BCUT2D eigenvalue weighted by molar-refractivity contribution is 0.623. The number of rotatable bonds is 7. The fourth-order valence-electron chi connectivity index (χ4n) is 9.12. The van der Waals surface area contributed by atoms with Gasteiger partial charge < -0.3 is 4.42 Å². The van der Waals surface area contributed by atoms with Gasteiger partial charge in [0.2, 0.25) is 5.89 Å². The second-order valence-electron chi connectivity index (χ2n) is 15.2. The highest BCUT2D eigenvalue weighted by molar-refractivity contribution is 6.28. The molecule has 0 amide bonds. The average molecular weight is 730 g/mol. The Balaban J connectivity index is 1.13. The molecule has 0 unspecified atom stereocenters. The molecular formula is C55H39NO. The van der Waals surface area contributed by atoms with Gasteiger partial charge in [-0.3, -0.25) is 0 Å². The van der Waals surface area contributed by atoms with E-state index in [1.807, 2.05) is 0 Å². The third-order valence-corrected chi connectivity index (χ3v) is 11.9. The van der Waals surface area contributed by atoms with Gasteiger partial charge in [-0.1, -0.05) is 171 Å². The molecule has 2 nitrogen and oxygen atoms in total. The van der Waals surface area contributed by atoms with Crippen molar-refractivity contribution in [2.75, 3.05) is 0 Å². The highest BCUT2D eigenvalue weighted by atomic mass is 16.3. The Kier molecular flexibility index (Phi) is 7.96. The summed E-state index contributed by atoms with van der Waals surface area (Å²) < 4.78 is 6.79. The molecule has 0 fully saturated rings. The first-order valence-corrected chi connectivity index (χ1v) is 20.1. The van der Waals surface area contributed by atoms with Crippen molar-refractivity contribution < 1.29 is 4.42 Å². The van der Waals surface area contributed by atoms with Crippen LogP contribution in [-0.2, 0) is 6.42 Å². The molecule has 0 N–H and O–H groups in total. The van der Waals surface area contributed by atoms with Crippen LogP contribution in [0.25, 0.3) is 110 Å². The van der Waals surface area contributed by atoms with E-state index in [2.05, 4.69) is 189 Å². The topological polar surface area (TPSA) is 26.0 Å². The number of hydrogen-bond acceptors (Lipinski definition) is 2. The largest absolute Gasteiger partial charge is 0.435 e. The van der Waals surface area contributed by atoms with Crippen molar-refractivity contribution in [1.29, 1.82) is 0 Å². The van der Waals surface area contributed by atoms with E-state index in [1.54, 1.807) is 0 Å². The summed E-state index contributed by atoms with van der Waals surface area (Å²) in [4.78, 5) is 5.05. The van der Waals surface area contributed by atoms with E-state index in [-0.39, 0.29) is 0 Å². The van der Waals surface area contributed by atoms with Crippen LogP contribution < -0.4 is 0 Å². The van der Waals surface area contributed by atoms with Crippen LogP contribution in [0.1, 0.15) is 25.3 Å². The molecular weight excluding hydrogens is 691 g/mol. The number of aromatic nitrogens is 1. The quantitative estimate of drug-likeness (QED) is 0.121. The predicted octanol–water partition coefficient (Wildman–Crippen LogP) is 15.6. The minimum atomic E-state index is 0.653. The van der Waals surface area contributed by atoms with Crippen LogP contribution in [0.2, 0.25) is 0 Å². The Morgan fingerprint density at radius 1 is 0.439 bits per heavy atom. The van der Waals surface area contributed by atoms with Crippen molar-refractivity contribution in [3.63, 3.8) is 0 Å². The Morgan fingerprint density at radius 3 is 1.72 bits per heavy atom. The van der Waals surface area contributed by atoms with Crippen LogP contribution in [0.4, 0.5) is 0 Å². The molecule has 1 aromatic heterocycles. The molecule has 0 atom stereocenters. The predicted molar refractivity (Wildman–Crippen MR) is 242 cm³/mol. The standard InChI is InChI=1S/C55H39NO/c1-2-3-13-35-24-26-39(27-25-35)55-56-50-33-32-48-49(34-40-15-5-7-18-43(40)53(48)54(50)57-55)52-46-21-10-8-19-44(46)51(45-20-9-11-22-47(45)52)38-30-28-37(29-31-38)42-23-12-16-36-14-4-6-17-41(36)42/h4-12,14-34H,2-3,13H2,1H3. The minimum absolute atomic E-state index is 0.653. The zero-order valence-corrected chi connectivity index (χ0v) is 31.8. The summed E-state index contributed by atoms with van der Waals surface area (Å²) >= 11 is 0. The zero-order chi connectivity index (χ0) is 37.9. The van der Waals surface area contributed by atoms with E-state index in [9.17, 15) is 0 Å². The third kappa shape index (κ3) is 5.51. The molecule has 11 aromatic rings. The Labute approximate surface area is 331 Å². The summed E-state index contributed by atoms with van der Waals surface area (Å²) in [5.74, 6) is 0.653. The van der Waals surface area contributed by atoms with Crippen molar-refractivity contribution in [3.8, 4) is 44.8 Å². The number of benzene rings is 10. The fraction of sp³-hybridized carbons (Fsp3) is 0.0727. The van der Waals surface area contributed by atoms with Gasteiger partial charge in [0.15, 0.2) is 5.58 Å². The third-order valence-electron chi connectivity index (χ3n) is 11.9. The molecule has 1 heterocycles. The van der Waals surface area contributed by atoms with E-state index >= 15 is 0 Å². The van der Waals surface area contributed by atoms with Crippen molar-refractivity contribution in [3.05, 3.63) is 188 Å². The molecule has 0 aliphatic carbocycles. The maximum Gasteiger partial charge on any atom is 0.227 e. The van der Waals surface area contributed by atoms with Gasteiger partial charge in [-0.15, -0.1) is 0 Å². The minimum Gasteiger partial charge on any atom is -0.435 e. The molecule has 0 aliphatic heterocycles. The molecule has 0 saturated carbocycles. The lowest BCUT2D eigenvalue weighted by atomic mass is 9.83. The summed E-state index contributed by atoms with van der Waals surface area (Å²) in [6.45, 7) is 2.24. The van der Waals surface area contributed by atoms with Gasteiger partial charge in [-0.05, 0) is 125 Å². The van der Waals surface area contributed by atoms with Crippen molar-refractivity contribution in [1.82, 2.24) is 4.98 Å². The Hall–Kier alpha value is -7.03. The molecule has 0 radical (unpaired) electrons. The Bertz CT molecular complexity index is 3250. The van der Waals surface area contributed by atoms with Gasteiger partial charge in [0.05, 0.1) is 0 Å². The monoisotopic (exact) mass is 729 g/mol. The van der Waals surface area contributed by atoms with Gasteiger partial charge in [0.1, 0.15) is 5.52 Å². The zero-order valence-electron chi connectivity index (χ0n) is 31.8. The summed E-state index contributed by atoms with van der Waals surface area (Å²) in [7, 11) is 0. The van der Waals surface area contributed by atoms with E-state index in [0.717, 1.165) is 39.2 Å². The molecule has 0 saturated heterocycles. The number of hydrogen-bond donors (Lipinski definition) is 0. The van der Waals surface area contributed by atoms with Crippen LogP contribution in [0.5, 0.6) is 0 Å². The molecule has 0 spiro atoms. The normalized spacial score (nSPS) is 11.8. The van der Waals surface area contributed by atoms with E-state index in [4.69, 9.17) is 9.40 Å². The average Bonchev–Trinajstić information content (AvgIpc) is 3.72. The molecule has 0 bridgehead atoms. The van der Waals surface area contributed by atoms with Gasteiger partial charge in [-0.2, -0.15) is 0 Å². The van der Waals surface area contributed by atoms with Crippen LogP contribution in [0.3, 0.4) is 0 Å². The summed E-state index contributed by atoms with van der Waals surface area (Å²) in [5, 5.41) is 12.0. The number of oxazole rings is 1. The Morgan fingerprint density at radius 2 is 1.02 bits per heavy atom. The molecule has 270 valence electrons. The summed E-state index contributed by atoms with van der Waals surface area (Å²) in [6.07, 6.45) is 3.47. The van der Waals surface area contributed by atoms with E-state index in [1.165, 1.54) is 89.5 Å². The van der Waals surface area contributed by atoms with Crippen molar-refractivity contribution in [2.24, 2.45) is 0 Å². The number of nitrogens with zero attached hydrogens (tertiary/aromatic N) is 1. The van der Waals surface area contributed by atoms with Gasteiger partial charge in [0.25, 0.3) is 0 Å². The molecule has 2 heteroatoms. The van der Waals surface area contributed by atoms with Gasteiger partial charge >= 0.3 is 0 Å². The molecule has 11 rings (SSSR count). The summed E-state index contributed by atoms with van der Waals surface area (Å²) in [6, 6.07) is 66.4. The summed E-state index contributed by atoms with van der Waals surface area (Å²) in [5.41, 5.74) is 11.4. The highest BCUT2D eigenvalue weighted by Gasteiger charge is 2.21. The van der Waals surface area contributed by atoms with Crippen molar-refractivity contribution in [2.45, 2.75) is 26.2 Å². The number of fused-ring (bicyclic) bond motifs is 8. The smallest absolute Gasteiger partial charge is 0.227 e. The first kappa shape index (κ1) is 33.3. The highest BCUT2D eigenvalue weighted by Crippen LogP contribution is 2.48. The van der Waals surface area contributed by atoms with Crippen LogP contribution in [0, 0.1) is 0 Å². The van der Waals surface area contributed by atoms with Gasteiger partial charge in [0, 0.05) is 10.9 Å². The molecule has 0 aliphatic rings. The second-order valence-corrected chi connectivity index (χ2v) is 15.2. The first-order chi connectivity index (χ1) is 28.2. The SMILES string of the molecule is CCCCc1ccc(-c2nc3ccc4c(-c5c6ccccc6c(-c6ccc(-c7cccc8ccccc78)cc6)c6ccccc56)cc5ccccc5c4c3o2)cc1. The van der Waals surface area contributed by atoms with E-state index < -0.39 is 0 Å². The lowest BCUT2D eigenvalue weighted by Crippen LogP contribution is -1.92. The second kappa shape index (κ2) is 13.6. The van der Waals surface area contributed by atoms with Crippen molar-refractivity contribution >= 4 is 65.0 Å². The van der Waals surface area contributed by atoms with Crippen LogP contribution in [0.15, 0.2) is 186 Å². The van der Waals surface area contributed by atoms with Crippen LogP contribution >= 0.6 is 0 Å².